The Bertz CT molecular complexity index is 1120. The molecule has 3 aliphatic rings. The maximum atomic E-state index is 13.5. The van der Waals surface area contributed by atoms with Gasteiger partial charge in [-0.1, -0.05) is 0 Å². The van der Waals surface area contributed by atoms with Crippen LogP contribution in [0.25, 0.3) is 0 Å². The van der Waals surface area contributed by atoms with Crippen LogP contribution in [0.2, 0.25) is 0 Å². The molecule has 168 valence electrons. The lowest BCUT2D eigenvalue weighted by Crippen LogP contribution is -2.55. The number of hydrogen-bond acceptors (Lipinski definition) is 8. The highest BCUT2D eigenvalue weighted by Gasteiger charge is 2.57. The fourth-order valence-electron chi connectivity index (χ4n) is 5.83. The summed E-state index contributed by atoms with van der Waals surface area (Å²) >= 11 is 0. The van der Waals surface area contributed by atoms with Gasteiger partial charge in [-0.05, 0) is 50.2 Å². The summed E-state index contributed by atoms with van der Waals surface area (Å²) in [5.74, 6) is -8.50. The second-order valence-corrected chi connectivity index (χ2v) is 9.39. The summed E-state index contributed by atoms with van der Waals surface area (Å²) in [6.45, 7) is 2.44. The number of Topliss-reactive ketones (excluding diaryl/α,β-unsaturated/α-hetero) is 6. The summed E-state index contributed by atoms with van der Waals surface area (Å²) in [4.78, 5) is 78.0. The van der Waals surface area contributed by atoms with E-state index < -0.39 is 70.0 Å². The molecule has 2 fully saturated rings. The molecule has 2 saturated carbocycles. The highest BCUT2D eigenvalue weighted by molar-refractivity contribution is 6.28. The van der Waals surface area contributed by atoms with Crippen LogP contribution in [-0.4, -0.2) is 53.9 Å². The summed E-state index contributed by atoms with van der Waals surface area (Å²) in [5, 5.41) is 10.8. The van der Waals surface area contributed by atoms with Gasteiger partial charge in [-0.2, -0.15) is 0 Å². The van der Waals surface area contributed by atoms with Crippen molar-refractivity contribution in [2.24, 2.45) is 29.6 Å². The van der Waals surface area contributed by atoms with Crippen LogP contribution in [0.5, 0.6) is 5.75 Å². The van der Waals surface area contributed by atoms with Gasteiger partial charge in [0.05, 0.1) is 23.0 Å². The number of ketones is 6. The molecular formula is C24H25NO7. The Morgan fingerprint density at radius 2 is 1.59 bits per heavy atom. The van der Waals surface area contributed by atoms with Crippen molar-refractivity contribution in [1.82, 2.24) is 0 Å². The first-order valence-electron chi connectivity index (χ1n) is 10.7. The van der Waals surface area contributed by atoms with Crippen LogP contribution < -0.4 is 4.90 Å². The zero-order chi connectivity index (χ0) is 23.6. The molecule has 5 unspecified atom stereocenters. The van der Waals surface area contributed by atoms with Crippen LogP contribution in [0.4, 0.5) is 5.69 Å². The molecule has 1 aromatic carbocycles. The minimum absolute atomic E-state index is 0.00336. The van der Waals surface area contributed by atoms with Crippen LogP contribution in [-0.2, 0) is 25.6 Å². The molecule has 1 aromatic rings. The number of phenols is 1. The van der Waals surface area contributed by atoms with Gasteiger partial charge in [0.25, 0.3) is 0 Å². The first-order chi connectivity index (χ1) is 15.0. The molecule has 8 nitrogen and oxygen atoms in total. The smallest absolute Gasteiger partial charge is 0.177 e. The molecule has 0 radical (unpaired) electrons. The van der Waals surface area contributed by atoms with Crippen LogP contribution in [0.1, 0.15) is 53.0 Å². The fourth-order valence-corrected chi connectivity index (χ4v) is 5.83. The lowest BCUT2D eigenvalue weighted by Gasteiger charge is -2.44. The van der Waals surface area contributed by atoms with Crippen LogP contribution in [0, 0.1) is 29.6 Å². The number of phenolic OH excluding ortho intramolecular Hbond substituents is 1. The van der Waals surface area contributed by atoms with E-state index >= 15 is 0 Å². The Kier molecular flexibility index (Phi) is 5.14. The van der Waals surface area contributed by atoms with Gasteiger partial charge in [-0.25, -0.2) is 0 Å². The molecule has 0 amide bonds. The average molecular weight is 439 g/mol. The molecule has 0 aliphatic heterocycles. The largest absolute Gasteiger partial charge is 0.506 e. The van der Waals surface area contributed by atoms with Gasteiger partial charge >= 0.3 is 0 Å². The Morgan fingerprint density at radius 3 is 2.16 bits per heavy atom. The summed E-state index contributed by atoms with van der Waals surface area (Å²) < 4.78 is 0. The molecule has 0 heterocycles. The van der Waals surface area contributed by atoms with E-state index in [1.54, 1.807) is 25.1 Å². The molecule has 0 spiro atoms. The van der Waals surface area contributed by atoms with Gasteiger partial charge in [0.2, 0.25) is 0 Å². The molecule has 5 atom stereocenters. The summed E-state index contributed by atoms with van der Waals surface area (Å²) in [6, 6.07) is 1.54. The van der Waals surface area contributed by atoms with E-state index in [0.29, 0.717) is 24.1 Å². The molecule has 0 aromatic heterocycles. The van der Waals surface area contributed by atoms with Gasteiger partial charge in [0.1, 0.15) is 17.5 Å². The molecule has 3 aliphatic carbocycles. The van der Waals surface area contributed by atoms with E-state index in [0.717, 1.165) is 6.92 Å². The molecule has 0 bridgehead atoms. The third-order valence-electron chi connectivity index (χ3n) is 7.18. The summed E-state index contributed by atoms with van der Waals surface area (Å²) in [5.41, 5.74) is 1.12. The molecule has 4 rings (SSSR count). The van der Waals surface area contributed by atoms with Crippen molar-refractivity contribution >= 4 is 40.4 Å². The summed E-state index contributed by atoms with van der Waals surface area (Å²) in [6.07, 6.45) is 0.598. The first-order valence-corrected chi connectivity index (χ1v) is 10.7. The third kappa shape index (κ3) is 3.04. The SMILES string of the molecule is CC(=O)c1cc(N(C)C)c2c(c1O)C(=O)C1C(=O)C3C(=O)C(C(C)=O)C(=O)CC3CC1C2. The lowest BCUT2D eigenvalue weighted by molar-refractivity contribution is -0.152. The Morgan fingerprint density at radius 1 is 0.969 bits per heavy atom. The Labute approximate surface area is 185 Å². The number of anilines is 1. The van der Waals surface area contributed by atoms with Crippen LogP contribution >= 0.6 is 0 Å². The highest BCUT2D eigenvalue weighted by atomic mass is 16.3. The average Bonchev–Trinajstić information content (AvgIpc) is 2.66. The number of benzene rings is 1. The number of nitrogens with zero attached hydrogens (tertiary/aromatic N) is 1. The summed E-state index contributed by atoms with van der Waals surface area (Å²) in [7, 11) is 3.52. The quantitative estimate of drug-likeness (QED) is 0.556. The number of hydrogen-bond donors (Lipinski definition) is 1. The lowest BCUT2D eigenvalue weighted by atomic mass is 9.55. The predicted octanol–water partition coefficient (Wildman–Crippen LogP) is 1.58. The topological polar surface area (TPSA) is 126 Å². The minimum Gasteiger partial charge on any atom is -0.506 e. The molecule has 8 heteroatoms. The van der Waals surface area contributed by atoms with Crippen molar-refractivity contribution in [3.63, 3.8) is 0 Å². The van der Waals surface area contributed by atoms with Crippen LogP contribution in [0.15, 0.2) is 6.07 Å². The van der Waals surface area contributed by atoms with Gasteiger partial charge in [0.15, 0.2) is 28.9 Å². The minimum atomic E-state index is -1.44. The Hall–Kier alpha value is -3.16. The maximum absolute atomic E-state index is 13.5. The number of aromatic hydroxyl groups is 1. The number of carbonyl (C=O) groups excluding carboxylic acids is 6. The van der Waals surface area contributed by atoms with E-state index in [1.807, 2.05) is 0 Å². The van der Waals surface area contributed by atoms with Gasteiger partial charge < -0.3 is 10.0 Å². The van der Waals surface area contributed by atoms with Crippen molar-refractivity contribution in [3.05, 3.63) is 22.8 Å². The van der Waals surface area contributed by atoms with Crippen molar-refractivity contribution in [2.45, 2.75) is 33.1 Å². The standard InChI is InChI=1S/C24H25NO7/c1-9(26)13-8-15(25(3)4)14-6-11-5-12-7-16(28)17(10(2)27)22(30)19(12)23(31)18(11)24(32)20(14)21(13)29/h8,11-12,17-19,29H,5-7H2,1-4H3. The van der Waals surface area contributed by atoms with E-state index in [9.17, 15) is 33.9 Å². The van der Waals surface area contributed by atoms with E-state index in [1.165, 1.54) is 6.92 Å². The van der Waals surface area contributed by atoms with Crippen molar-refractivity contribution in [3.8, 4) is 5.75 Å². The molecule has 1 N–H and O–H groups in total. The number of rotatable bonds is 3. The molecule has 32 heavy (non-hydrogen) atoms. The molecule has 0 saturated heterocycles. The zero-order valence-corrected chi connectivity index (χ0v) is 18.4. The van der Waals surface area contributed by atoms with Crippen molar-refractivity contribution in [2.75, 3.05) is 19.0 Å². The number of fused-ring (bicyclic) bond motifs is 3. The zero-order valence-electron chi connectivity index (χ0n) is 18.4. The Balaban J connectivity index is 1.83. The predicted molar refractivity (Wildman–Crippen MR) is 113 cm³/mol. The van der Waals surface area contributed by atoms with Crippen molar-refractivity contribution < 1.29 is 33.9 Å². The van der Waals surface area contributed by atoms with E-state index in [2.05, 4.69) is 0 Å². The normalized spacial score (nSPS) is 29.2. The second kappa shape index (κ2) is 7.46. The van der Waals surface area contributed by atoms with E-state index in [4.69, 9.17) is 0 Å². The number of carbonyl (C=O) groups is 6. The maximum Gasteiger partial charge on any atom is 0.177 e. The fraction of sp³-hybridized carbons (Fsp3) is 0.500. The first kappa shape index (κ1) is 22.0. The van der Waals surface area contributed by atoms with Crippen molar-refractivity contribution in [1.29, 1.82) is 0 Å². The molecular weight excluding hydrogens is 414 g/mol. The van der Waals surface area contributed by atoms with Gasteiger partial charge in [0, 0.05) is 26.2 Å². The van der Waals surface area contributed by atoms with Crippen LogP contribution in [0.3, 0.4) is 0 Å². The monoisotopic (exact) mass is 439 g/mol. The highest BCUT2D eigenvalue weighted by Crippen LogP contribution is 2.50. The van der Waals surface area contributed by atoms with Gasteiger partial charge in [-0.3, -0.25) is 28.8 Å². The van der Waals surface area contributed by atoms with Gasteiger partial charge in [-0.15, -0.1) is 0 Å². The third-order valence-corrected chi connectivity index (χ3v) is 7.18. The van der Waals surface area contributed by atoms with E-state index in [-0.39, 0.29) is 17.5 Å². The second-order valence-electron chi connectivity index (χ2n) is 9.39.